The van der Waals surface area contributed by atoms with E-state index in [2.05, 4.69) is 10.0 Å². The molecule has 1 aromatic heterocycles. The van der Waals surface area contributed by atoms with Crippen LogP contribution in [-0.2, 0) is 21.2 Å². The van der Waals surface area contributed by atoms with E-state index in [-0.39, 0.29) is 21.3 Å². The number of nitrogens with one attached hydrogen (secondary N) is 2. The largest absolute Gasteiger partial charge is 0.325 e. The fourth-order valence-electron chi connectivity index (χ4n) is 2.50. The molecule has 3 aromatic rings. The van der Waals surface area contributed by atoms with E-state index in [1.165, 1.54) is 18.2 Å². The van der Waals surface area contributed by atoms with Crippen LogP contribution in [0.25, 0.3) is 0 Å². The molecule has 1 atom stereocenters. The summed E-state index contributed by atoms with van der Waals surface area (Å²) in [4.78, 5) is 12.8. The Labute approximate surface area is 171 Å². The lowest BCUT2D eigenvalue weighted by molar-refractivity contribution is -0.117. The molecular weight excluding hydrogens is 423 g/mol. The minimum absolute atomic E-state index is 0.114. The molecule has 0 aliphatic rings. The van der Waals surface area contributed by atoms with Gasteiger partial charge in [0, 0.05) is 5.69 Å². The zero-order valence-electron chi connectivity index (χ0n) is 14.4. The van der Waals surface area contributed by atoms with Gasteiger partial charge in [0.05, 0.1) is 5.02 Å². The Balaban J connectivity index is 1.84. The fourth-order valence-corrected chi connectivity index (χ4v) is 4.89. The maximum absolute atomic E-state index is 13.3. The van der Waals surface area contributed by atoms with Crippen molar-refractivity contribution < 1.29 is 17.6 Å². The van der Waals surface area contributed by atoms with Gasteiger partial charge in [0.15, 0.2) is 0 Å². The average molecular weight is 439 g/mol. The van der Waals surface area contributed by atoms with Gasteiger partial charge in [-0.1, -0.05) is 48.0 Å². The van der Waals surface area contributed by atoms with Gasteiger partial charge >= 0.3 is 0 Å². The molecule has 0 aliphatic heterocycles. The molecule has 0 fully saturated rings. The van der Waals surface area contributed by atoms with Crippen LogP contribution in [0.2, 0.25) is 5.02 Å². The van der Waals surface area contributed by atoms with Crippen molar-refractivity contribution in [3.8, 4) is 0 Å². The zero-order chi connectivity index (χ0) is 20.1. The highest BCUT2D eigenvalue weighted by molar-refractivity contribution is 7.91. The van der Waals surface area contributed by atoms with Crippen molar-refractivity contribution >= 4 is 44.6 Å². The summed E-state index contributed by atoms with van der Waals surface area (Å²) in [5, 5.41) is 4.08. The Morgan fingerprint density at radius 3 is 2.50 bits per heavy atom. The third-order valence-electron chi connectivity index (χ3n) is 3.84. The zero-order valence-corrected chi connectivity index (χ0v) is 16.8. The van der Waals surface area contributed by atoms with E-state index < -0.39 is 27.8 Å². The lowest BCUT2D eigenvalue weighted by Gasteiger charge is -2.18. The van der Waals surface area contributed by atoms with Gasteiger partial charge < -0.3 is 5.32 Å². The Kier molecular flexibility index (Phi) is 6.46. The number of hydrogen-bond donors (Lipinski definition) is 2. The topological polar surface area (TPSA) is 75.3 Å². The van der Waals surface area contributed by atoms with Crippen molar-refractivity contribution in [3.63, 3.8) is 0 Å². The van der Waals surface area contributed by atoms with Crippen molar-refractivity contribution in [2.45, 2.75) is 16.7 Å². The molecule has 0 bridgehead atoms. The Morgan fingerprint density at radius 2 is 1.86 bits per heavy atom. The van der Waals surface area contributed by atoms with Crippen LogP contribution in [0.5, 0.6) is 0 Å². The van der Waals surface area contributed by atoms with Crippen LogP contribution in [0.15, 0.2) is 70.3 Å². The van der Waals surface area contributed by atoms with Gasteiger partial charge in [-0.3, -0.25) is 4.79 Å². The fraction of sp³-hybridized carbons (Fsp3) is 0.105. The lowest BCUT2D eigenvalue weighted by Crippen LogP contribution is -2.45. The van der Waals surface area contributed by atoms with E-state index in [1.54, 1.807) is 35.7 Å². The molecule has 0 aliphatic carbocycles. The predicted octanol–water partition coefficient (Wildman–Crippen LogP) is 4.07. The van der Waals surface area contributed by atoms with E-state index in [4.69, 9.17) is 11.6 Å². The van der Waals surface area contributed by atoms with Crippen molar-refractivity contribution in [2.75, 3.05) is 5.32 Å². The second kappa shape index (κ2) is 8.83. The molecule has 5 nitrogen and oxygen atoms in total. The summed E-state index contributed by atoms with van der Waals surface area (Å²) in [7, 11) is -3.87. The summed E-state index contributed by atoms with van der Waals surface area (Å²) in [6.07, 6.45) is 0.145. The summed E-state index contributed by atoms with van der Waals surface area (Å²) >= 11 is 6.80. The molecule has 9 heteroatoms. The van der Waals surface area contributed by atoms with Crippen molar-refractivity contribution in [2.24, 2.45) is 0 Å². The number of amides is 1. The Morgan fingerprint density at radius 1 is 1.11 bits per heavy atom. The molecule has 0 saturated carbocycles. The molecular formula is C19H16ClFN2O3S2. The van der Waals surface area contributed by atoms with Crippen LogP contribution >= 0.6 is 22.9 Å². The first-order valence-electron chi connectivity index (χ1n) is 8.21. The summed E-state index contributed by atoms with van der Waals surface area (Å²) in [5.41, 5.74) is 1.05. The monoisotopic (exact) mass is 438 g/mol. The molecule has 3 rings (SSSR count). The van der Waals surface area contributed by atoms with E-state index in [1.807, 2.05) is 6.07 Å². The second-order valence-corrected chi connectivity index (χ2v) is 9.21. The van der Waals surface area contributed by atoms with Gasteiger partial charge in [0.2, 0.25) is 5.91 Å². The SMILES string of the molecule is O=C(Nc1ccc(F)c(Cl)c1)C(Cc1ccccc1)NS(=O)(=O)c1cccs1. The van der Waals surface area contributed by atoms with Crippen LogP contribution in [0.4, 0.5) is 10.1 Å². The predicted molar refractivity (Wildman–Crippen MR) is 109 cm³/mol. The van der Waals surface area contributed by atoms with Crippen LogP contribution < -0.4 is 10.0 Å². The van der Waals surface area contributed by atoms with Gasteiger partial charge in [-0.25, -0.2) is 12.8 Å². The summed E-state index contributed by atoms with van der Waals surface area (Å²) in [5.74, 6) is -1.19. The van der Waals surface area contributed by atoms with Crippen LogP contribution in [0, 0.1) is 5.82 Å². The number of rotatable bonds is 7. The van der Waals surface area contributed by atoms with Crippen LogP contribution in [-0.4, -0.2) is 20.4 Å². The molecule has 28 heavy (non-hydrogen) atoms. The Hall–Kier alpha value is -2.26. The highest BCUT2D eigenvalue weighted by atomic mass is 35.5. The van der Waals surface area contributed by atoms with E-state index in [0.29, 0.717) is 0 Å². The molecule has 1 amide bonds. The molecule has 0 spiro atoms. The van der Waals surface area contributed by atoms with E-state index >= 15 is 0 Å². The highest BCUT2D eigenvalue weighted by Crippen LogP contribution is 2.21. The summed E-state index contributed by atoms with van der Waals surface area (Å²) in [6, 6.07) is 14.8. The molecule has 146 valence electrons. The minimum Gasteiger partial charge on any atom is -0.325 e. The Bertz CT molecular complexity index is 1060. The number of anilines is 1. The van der Waals surface area contributed by atoms with Crippen molar-refractivity contribution in [1.82, 2.24) is 4.72 Å². The molecule has 2 N–H and O–H groups in total. The standard InChI is InChI=1S/C19H16ClFN2O3S2/c20-15-12-14(8-9-16(15)21)22-19(24)17(11-13-5-2-1-3-6-13)23-28(25,26)18-7-4-10-27-18/h1-10,12,17,23H,11H2,(H,22,24). The van der Waals surface area contributed by atoms with Crippen molar-refractivity contribution in [1.29, 1.82) is 0 Å². The minimum atomic E-state index is -3.87. The first-order valence-corrected chi connectivity index (χ1v) is 10.9. The summed E-state index contributed by atoms with van der Waals surface area (Å²) in [6.45, 7) is 0. The number of thiophene rings is 1. The van der Waals surface area contributed by atoms with Crippen LogP contribution in [0.1, 0.15) is 5.56 Å². The van der Waals surface area contributed by atoms with E-state index in [0.717, 1.165) is 23.0 Å². The number of carbonyl (C=O) groups is 1. The van der Waals surface area contributed by atoms with Crippen LogP contribution in [0.3, 0.4) is 0 Å². The molecule has 2 aromatic carbocycles. The van der Waals surface area contributed by atoms with Gasteiger partial charge in [-0.05, 0) is 41.6 Å². The van der Waals surface area contributed by atoms with E-state index in [9.17, 15) is 17.6 Å². The quantitative estimate of drug-likeness (QED) is 0.584. The maximum atomic E-state index is 13.3. The summed E-state index contributed by atoms with van der Waals surface area (Å²) < 4.78 is 41.1. The molecule has 1 heterocycles. The number of carbonyl (C=O) groups excluding carboxylic acids is 1. The van der Waals surface area contributed by atoms with Gasteiger partial charge in [0.1, 0.15) is 16.1 Å². The first-order chi connectivity index (χ1) is 13.3. The highest BCUT2D eigenvalue weighted by Gasteiger charge is 2.27. The van der Waals surface area contributed by atoms with Gasteiger partial charge in [-0.2, -0.15) is 4.72 Å². The second-order valence-electron chi connectivity index (χ2n) is 5.91. The molecule has 0 saturated heterocycles. The number of benzene rings is 2. The van der Waals surface area contributed by atoms with Gasteiger partial charge in [0.25, 0.3) is 10.0 Å². The lowest BCUT2D eigenvalue weighted by atomic mass is 10.1. The molecule has 0 radical (unpaired) electrons. The first kappa shape index (κ1) is 20.5. The van der Waals surface area contributed by atoms with Crippen molar-refractivity contribution in [3.05, 3.63) is 82.4 Å². The number of sulfonamides is 1. The molecule has 1 unspecified atom stereocenters. The normalized spacial score (nSPS) is 12.5. The average Bonchev–Trinajstić information content (AvgIpc) is 3.21. The van der Waals surface area contributed by atoms with Gasteiger partial charge in [-0.15, -0.1) is 11.3 Å². The number of hydrogen-bond acceptors (Lipinski definition) is 4. The smallest absolute Gasteiger partial charge is 0.250 e. The third-order valence-corrected chi connectivity index (χ3v) is 7.00. The maximum Gasteiger partial charge on any atom is 0.250 e. The third kappa shape index (κ3) is 5.17. The number of halogens is 2.